The number of rotatable bonds is 1. The highest BCUT2D eigenvalue weighted by Gasteiger charge is 2.03. The highest BCUT2D eigenvalue weighted by molar-refractivity contribution is 6.36. The van der Waals surface area contributed by atoms with Gasteiger partial charge in [0.15, 0.2) is 0 Å². The van der Waals surface area contributed by atoms with Crippen molar-refractivity contribution < 1.29 is 0 Å². The van der Waals surface area contributed by atoms with Crippen LogP contribution >= 0.6 is 11.6 Å². The maximum absolute atomic E-state index is 6.20. The number of hydrogen-bond donors (Lipinski definition) is 0. The molecule has 0 atom stereocenters. The molecule has 13 heavy (non-hydrogen) atoms. The lowest BCUT2D eigenvalue weighted by Gasteiger charge is -2.03. The fraction of sp³-hybridized carbons (Fsp3) is 0.182. The van der Waals surface area contributed by atoms with Crippen molar-refractivity contribution in [1.82, 2.24) is 4.98 Å². The summed E-state index contributed by atoms with van der Waals surface area (Å²) in [7, 11) is 0. The normalized spacial score (nSPS) is 10.6. The Labute approximate surface area is 82.4 Å². The van der Waals surface area contributed by atoms with Gasteiger partial charge in [0.05, 0.1) is 10.5 Å². The Balaban J connectivity index is 2.79. The molecule has 0 bridgehead atoms. The van der Waals surface area contributed by atoms with Gasteiger partial charge in [-0.25, -0.2) is 0 Å². The third kappa shape index (κ3) is 1.40. The van der Waals surface area contributed by atoms with Gasteiger partial charge in [0.2, 0.25) is 0 Å². The summed E-state index contributed by atoms with van der Waals surface area (Å²) in [5, 5.41) is 1.89. The molecule has 0 amide bonds. The number of para-hydroxylation sites is 1. The van der Waals surface area contributed by atoms with E-state index in [4.69, 9.17) is 11.6 Å². The summed E-state index contributed by atoms with van der Waals surface area (Å²) in [5.74, 6) is 0. The molecule has 0 aliphatic heterocycles. The van der Waals surface area contributed by atoms with Crippen molar-refractivity contribution >= 4 is 22.5 Å². The number of fused-ring (bicyclic) bond motifs is 1. The second-order valence-electron chi connectivity index (χ2n) is 2.97. The van der Waals surface area contributed by atoms with Gasteiger partial charge in [-0.2, -0.15) is 0 Å². The number of halogens is 1. The highest BCUT2D eigenvalue weighted by atomic mass is 35.5. The van der Waals surface area contributed by atoms with E-state index in [0.29, 0.717) is 0 Å². The van der Waals surface area contributed by atoms with Crippen molar-refractivity contribution in [2.24, 2.45) is 0 Å². The first-order valence-corrected chi connectivity index (χ1v) is 4.73. The van der Waals surface area contributed by atoms with Crippen molar-refractivity contribution in [3.63, 3.8) is 0 Å². The van der Waals surface area contributed by atoms with Crippen LogP contribution in [0.4, 0.5) is 0 Å². The van der Waals surface area contributed by atoms with E-state index < -0.39 is 0 Å². The summed E-state index contributed by atoms with van der Waals surface area (Å²) in [6.45, 7) is 2.08. The van der Waals surface area contributed by atoms with Crippen LogP contribution in [0.2, 0.25) is 5.02 Å². The van der Waals surface area contributed by atoms with Crippen LogP contribution in [0.3, 0.4) is 0 Å². The Kier molecular flexibility index (Phi) is 2.19. The molecule has 2 heteroatoms. The zero-order valence-corrected chi connectivity index (χ0v) is 8.17. The molecule has 0 fully saturated rings. The maximum Gasteiger partial charge on any atom is 0.0717 e. The minimum absolute atomic E-state index is 0.841. The quantitative estimate of drug-likeness (QED) is 0.673. The average molecular weight is 192 g/mol. The molecule has 2 rings (SSSR count). The standard InChI is InChI=1S/C11H10ClN/c1-2-8-7-13-10-6-4-3-5-9(10)11(8)12/h3-7H,2H2,1H3. The third-order valence-corrected chi connectivity index (χ3v) is 2.61. The fourth-order valence-electron chi connectivity index (χ4n) is 1.40. The Morgan fingerprint density at radius 2 is 2.08 bits per heavy atom. The fourth-order valence-corrected chi connectivity index (χ4v) is 1.74. The predicted molar refractivity (Wildman–Crippen MR) is 56.1 cm³/mol. The number of pyridine rings is 1. The van der Waals surface area contributed by atoms with Gasteiger partial charge in [0, 0.05) is 11.6 Å². The Morgan fingerprint density at radius 3 is 2.85 bits per heavy atom. The van der Waals surface area contributed by atoms with Crippen LogP contribution < -0.4 is 0 Å². The van der Waals surface area contributed by atoms with E-state index in [1.807, 2.05) is 30.5 Å². The Morgan fingerprint density at radius 1 is 1.31 bits per heavy atom. The first-order chi connectivity index (χ1) is 6.33. The molecule has 0 aliphatic carbocycles. The zero-order valence-electron chi connectivity index (χ0n) is 7.42. The average Bonchev–Trinajstić information content (AvgIpc) is 2.19. The van der Waals surface area contributed by atoms with Crippen LogP contribution in [-0.4, -0.2) is 4.98 Å². The van der Waals surface area contributed by atoms with Crippen LogP contribution in [0, 0.1) is 0 Å². The van der Waals surface area contributed by atoms with Crippen LogP contribution in [-0.2, 0) is 6.42 Å². The van der Waals surface area contributed by atoms with Gasteiger partial charge in [-0.1, -0.05) is 36.7 Å². The lowest BCUT2D eigenvalue weighted by Crippen LogP contribution is -1.87. The molecule has 1 heterocycles. The SMILES string of the molecule is CCc1cnc2ccccc2c1Cl. The monoisotopic (exact) mass is 191 g/mol. The molecule has 0 saturated carbocycles. The van der Waals surface area contributed by atoms with Gasteiger partial charge in [-0.15, -0.1) is 0 Å². The molecule has 0 saturated heterocycles. The van der Waals surface area contributed by atoms with E-state index in [0.717, 1.165) is 27.9 Å². The first-order valence-electron chi connectivity index (χ1n) is 4.35. The second kappa shape index (κ2) is 3.35. The minimum atomic E-state index is 0.841. The van der Waals surface area contributed by atoms with E-state index in [9.17, 15) is 0 Å². The number of hydrogen-bond acceptors (Lipinski definition) is 1. The molecule has 1 aromatic heterocycles. The maximum atomic E-state index is 6.20. The summed E-state index contributed by atoms with van der Waals surface area (Å²) in [6.07, 6.45) is 2.78. The third-order valence-electron chi connectivity index (χ3n) is 2.16. The van der Waals surface area contributed by atoms with E-state index >= 15 is 0 Å². The van der Waals surface area contributed by atoms with E-state index in [-0.39, 0.29) is 0 Å². The van der Waals surface area contributed by atoms with Gasteiger partial charge in [0.25, 0.3) is 0 Å². The van der Waals surface area contributed by atoms with Crippen molar-refractivity contribution in [2.45, 2.75) is 13.3 Å². The largest absolute Gasteiger partial charge is 0.256 e. The summed E-state index contributed by atoms with van der Waals surface area (Å²) in [5.41, 5.74) is 2.07. The van der Waals surface area contributed by atoms with E-state index in [2.05, 4.69) is 11.9 Å². The van der Waals surface area contributed by atoms with Crippen molar-refractivity contribution in [3.8, 4) is 0 Å². The van der Waals surface area contributed by atoms with Gasteiger partial charge in [-0.05, 0) is 18.1 Å². The lowest BCUT2D eigenvalue weighted by molar-refractivity contribution is 1.12. The Hall–Kier alpha value is -1.08. The summed E-state index contributed by atoms with van der Waals surface area (Å²) < 4.78 is 0. The van der Waals surface area contributed by atoms with Gasteiger partial charge in [-0.3, -0.25) is 4.98 Å². The van der Waals surface area contributed by atoms with Crippen molar-refractivity contribution in [3.05, 3.63) is 41.0 Å². The summed E-state index contributed by atoms with van der Waals surface area (Å²) in [4.78, 5) is 4.33. The van der Waals surface area contributed by atoms with Crippen LogP contribution in [0.5, 0.6) is 0 Å². The van der Waals surface area contributed by atoms with Crippen LogP contribution in [0.1, 0.15) is 12.5 Å². The molecule has 0 N–H and O–H groups in total. The molecule has 0 spiro atoms. The minimum Gasteiger partial charge on any atom is -0.256 e. The lowest BCUT2D eigenvalue weighted by atomic mass is 10.1. The molecule has 0 aliphatic rings. The number of benzene rings is 1. The molecule has 1 aromatic carbocycles. The van der Waals surface area contributed by atoms with Gasteiger partial charge >= 0.3 is 0 Å². The van der Waals surface area contributed by atoms with Crippen molar-refractivity contribution in [2.75, 3.05) is 0 Å². The summed E-state index contributed by atoms with van der Waals surface area (Å²) in [6, 6.07) is 7.93. The predicted octanol–water partition coefficient (Wildman–Crippen LogP) is 3.45. The number of aromatic nitrogens is 1. The highest BCUT2D eigenvalue weighted by Crippen LogP contribution is 2.25. The smallest absolute Gasteiger partial charge is 0.0717 e. The Bertz CT molecular complexity index is 437. The molecule has 66 valence electrons. The topological polar surface area (TPSA) is 12.9 Å². The number of aryl methyl sites for hydroxylation is 1. The molecular formula is C11H10ClN. The van der Waals surface area contributed by atoms with Crippen LogP contribution in [0.15, 0.2) is 30.5 Å². The molecular weight excluding hydrogens is 182 g/mol. The number of nitrogens with zero attached hydrogens (tertiary/aromatic N) is 1. The molecule has 0 unspecified atom stereocenters. The zero-order chi connectivity index (χ0) is 9.26. The molecule has 2 aromatic rings. The van der Waals surface area contributed by atoms with Crippen molar-refractivity contribution in [1.29, 1.82) is 0 Å². The van der Waals surface area contributed by atoms with Crippen LogP contribution in [0.25, 0.3) is 10.9 Å². The molecule has 1 nitrogen and oxygen atoms in total. The summed E-state index contributed by atoms with van der Waals surface area (Å²) >= 11 is 6.20. The van der Waals surface area contributed by atoms with Gasteiger partial charge in [0.1, 0.15) is 0 Å². The van der Waals surface area contributed by atoms with Gasteiger partial charge < -0.3 is 0 Å². The first kappa shape index (κ1) is 8.52. The second-order valence-corrected chi connectivity index (χ2v) is 3.35. The van der Waals surface area contributed by atoms with E-state index in [1.165, 1.54) is 0 Å². The molecule has 0 radical (unpaired) electrons. The van der Waals surface area contributed by atoms with E-state index in [1.54, 1.807) is 0 Å².